The number of hydrogen-bond acceptors (Lipinski definition) is 3. The van der Waals surface area contributed by atoms with Crippen LogP contribution in [-0.2, 0) is 13.7 Å². The minimum atomic E-state index is -5.86. The van der Waals surface area contributed by atoms with E-state index in [0.29, 0.717) is 0 Å². The highest BCUT2D eigenvalue weighted by atomic mass is 35.5. The normalized spacial score (nSPS) is 16.0. The Morgan fingerprint density at radius 1 is 0.815 bits per heavy atom. The van der Waals surface area contributed by atoms with Crippen molar-refractivity contribution in [3.8, 4) is 0 Å². The van der Waals surface area contributed by atoms with Gasteiger partial charge in [-0.05, 0) is 45.3 Å². The van der Waals surface area contributed by atoms with Crippen LogP contribution < -0.4 is 0 Å². The van der Waals surface area contributed by atoms with E-state index in [-0.39, 0.29) is 9.79 Å². The monoisotopic (exact) mass is 434 g/mol. The Morgan fingerprint density at radius 3 is 2.00 bits per heavy atom. The highest BCUT2D eigenvalue weighted by Gasteiger charge is 2.51. The zero-order chi connectivity index (χ0) is 19.7. The van der Waals surface area contributed by atoms with E-state index in [4.69, 9.17) is 15.2 Å². The largest absolute Gasteiger partial charge is 0.523 e. The Labute approximate surface area is 161 Å². The molecule has 0 aromatic heterocycles. The van der Waals surface area contributed by atoms with Gasteiger partial charge in [0.1, 0.15) is 0 Å². The van der Waals surface area contributed by atoms with Crippen molar-refractivity contribution in [3.63, 3.8) is 0 Å². The molecule has 1 unspecified atom stereocenters. The molecule has 0 amide bonds. The third-order valence-electron chi connectivity index (χ3n) is 3.87. The summed E-state index contributed by atoms with van der Waals surface area (Å²) in [5, 5.41) is 1.14. The first-order chi connectivity index (χ1) is 12.7. The molecule has 0 spiro atoms. The summed E-state index contributed by atoms with van der Waals surface area (Å²) in [4.78, 5) is 0.568. The lowest BCUT2D eigenvalue weighted by atomic mass is 10.1. The Bertz CT molecular complexity index is 1060. The van der Waals surface area contributed by atoms with Crippen LogP contribution in [0.3, 0.4) is 0 Å². The standard InChI is InChI=1S/C18H14ClF3O3S2/c19-13-26(16-8-2-1-3-9-16,25-27(23,24)18(20,21)22)17-11-10-14-6-4-5-7-15(14)12-17/h1-12H,13H2. The Morgan fingerprint density at radius 2 is 1.41 bits per heavy atom. The van der Waals surface area contributed by atoms with E-state index in [1.807, 2.05) is 12.1 Å². The first-order valence-electron chi connectivity index (χ1n) is 7.63. The van der Waals surface area contributed by atoms with Crippen LogP contribution in [-0.4, -0.2) is 19.1 Å². The molecule has 0 bridgehead atoms. The molecule has 1 atom stereocenters. The number of benzene rings is 3. The van der Waals surface area contributed by atoms with Gasteiger partial charge in [-0.15, -0.1) is 11.6 Å². The number of hydrogen-bond donors (Lipinski definition) is 0. The summed E-state index contributed by atoms with van der Waals surface area (Å²) in [7, 11) is -9.03. The van der Waals surface area contributed by atoms with Crippen LogP contribution in [0.2, 0.25) is 0 Å². The SMILES string of the molecule is O=S(=O)(OS(CCl)(c1ccccc1)c1ccc2ccccc2c1)C(F)(F)F. The average molecular weight is 435 g/mol. The van der Waals surface area contributed by atoms with Crippen molar-refractivity contribution in [3.05, 3.63) is 72.8 Å². The van der Waals surface area contributed by atoms with Crippen LogP contribution in [0.25, 0.3) is 10.8 Å². The lowest BCUT2D eigenvalue weighted by Crippen LogP contribution is -2.27. The average Bonchev–Trinajstić information content (AvgIpc) is 2.65. The minimum absolute atomic E-state index is 0.281. The van der Waals surface area contributed by atoms with Crippen LogP contribution in [0.1, 0.15) is 0 Å². The summed E-state index contributed by atoms with van der Waals surface area (Å²) in [6, 6.07) is 20.0. The van der Waals surface area contributed by atoms with E-state index in [2.05, 4.69) is 0 Å². The molecule has 0 saturated heterocycles. The zero-order valence-corrected chi connectivity index (χ0v) is 16.1. The van der Waals surface area contributed by atoms with Crippen LogP contribution in [0.15, 0.2) is 82.6 Å². The van der Waals surface area contributed by atoms with Gasteiger partial charge in [-0.25, -0.2) is 3.63 Å². The number of rotatable bonds is 5. The lowest BCUT2D eigenvalue weighted by Gasteiger charge is -2.37. The van der Waals surface area contributed by atoms with Crippen LogP contribution in [0.4, 0.5) is 13.2 Å². The Balaban J connectivity index is 2.26. The predicted molar refractivity (Wildman–Crippen MR) is 101 cm³/mol. The van der Waals surface area contributed by atoms with Crippen molar-refractivity contribution < 1.29 is 25.2 Å². The third-order valence-corrected chi connectivity index (χ3v) is 9.36. The van der Waals surface area contributed by atoms with Gasteiger partial charge in [0, 0.05) is 9.79 Å². The second-order valence-electron chi connectivity index (χ2n) is 5.57. The van der Waals surface area contributed by atoms with Crippen LogP contribution >= 0.6 is 21.9 Å². The van der Waals surface area contributed by atoms with E-state index in [1.165, 1.54) is 12.1 Å². The summed E-state index contributed by atoms with van der Waals surface area (Å²) in [5.41, 5.74) is -5.55. The molecule has 3 aromatic rings. The molecular weight excluding hydrogens is 421 g/mol. The molecule has 0 saturated carbocycles. The molecular formula is C18H14ClF3O3S2. The second kappa shape index (κ2) is 7.35. The number of fused-ring (bicyclic) bond motifs is 1. The van der Waals surface area contributed by atoms with E-state index in [0.717, 1.165) is 10.8 Å². The van der Waals surface area contributed by atoms with Crippen molar-refractivity contribution in [1.29, 1.82) is 0 Å². The molecule has 0 N–H and O–H groups in total. The maximum absolute atomic E-state index is 13.0. The second-order valence-corrected chi connectivity index (χ2v) is 10.7. The quantitative estimate of drug-likeness (QED) is 0.363. The highest BCUT2D eigenvalue weighted by molar-refractivity contribution is 8.33. The van der Waals surface area contributed by atoms with Gasteiger partial charge >= 0.3 is 15.6 Å². The van der Waals surface area contributed by atoms with E-state index < -0.39 is 31.1 Å². The molecule has 0 heterocycles. The van der Waals surface area contributed by atoms with Gasteiger partial charge in [0.05, 0.1) is 5.21 Å². The van der Waals surface area contributed by atoms with Crippen LogP contribution in [0, 0.1) is 0 Å². The van der Waals surface area contributed by atoms with Gasteiger partial charge < -0.3 is 0 Å². The molecule has 0 fully saturated rings. The van der Waals surface area contributed by atoms with Crippen molar-refractivity contribution in [2.45, 2.75) is 15.3 Å². The van der Waals surface area contributed by atoms with E-state index >= 15 is 0 Å². The van der Waals surface area contributed by atoms with E-state index in [9.17, 15) is 21.6 Å². The first kappa shape index (κ1) is 20.0. The third kappa shape index (κ3) is 3.80. The van der Waals surface area contributed by atoms with Crippen molar-refractivity contribution in [1.82, 2.24) is 0 Å². The summed E-state index contributed by atoms with van der Waals surface area (Å²) in [6.07, 6.45) is 0. The summed E-state index contributed by atoms with van der Waals surface area (Å²) >= 11 is 6.08. The molecule has 9 heteroatoms. The Kier molecular flexibility index (Phi) is 5.45. The van der Waals surface area contributed by atoms with Crippen molar-refractivity contribution in [2.75, 3.05) is 5.21 Å². The molecule has 0 aliphatic heterocycles. The van der Waals surface area contributed by atoms with Gasteiger partial charge in [0.15, 0.2) is 0 Å². The lowest BCUT2D eigenvalue weighted by molar-refractivity contribution is -0.0496. The van der Waals surface area contributed by atoms with Gasteiger partial charge in [-0.3, -0.25) is 0 Å². The summed E-state index contributed by atoms with van der Waals surface area (Å²) in [5.74, 6) is 0. The fourth-order valence-electron chi connectivity index (χ4n) is 2.56. The van der Waals surface area contributed by atoms with Crippen LogP contribution in [0.5, 0.6) is 0 Å². The van der Waals surface area contributed by atoms with Gasteiger partial charge in [-0.2, -0.15) is 21.6 Å². The summed E-state index contributed by atoms with van der Waals surface area (Å²) < 4.78 is 67.7. The van der Waals surface area contributed by atoms with Gasteiger partial charge in [0.25, 0.3) is 0 Å². The predicted octanol–water partition coefficient (Wildman–Crippen LogP) is 6.04. The zero-order valence-electron chi connectivity index (χ0n) is 13.7. The summed E-state index contributed by atoms with van der Waals surface area (Å²) in [6.45, 7) is 0. The molecule has 3 aromatic carbocycles. The fraction of sp³-hybridized carbons (Fsp3) is 0.111. The molecule has 144 valence electrons. The Hall–Kier alpha value is -1.74. The van der Waals surface area contributed by atoms with Crippen molar-refractivity contribution >= 4 is 42.8 Å². The smallest absolute Gasteiger partial charge is 0.203 e. The molecule has 3 nitrogen and oxygen atoms in total. The minimum Gasteiger partial charge on any atom is -0.203 e. The molecule has 3 rings (SSSR count). The topological polar surface area (TPSA) is 43.4 Å². The maximum Gasteiger partial charge on any atom is 0.523 e. The van der Waals surface area contributed by atoms with Crippen molar-refractivity contribution in [2.24, 2.45) is 0 Å². The highest BCUT2D eigenvalue weighted by Crippen LogP contribution is 2.66. The molecule has 27 heavy (non-hydrogen) atoms. The molecule has 0 aliphatic rings. The van der Waals surface area contributed by atoms with E-state index in [1.54, 1.807) is 48.5 Å². The maximum atomic E-state index is 13.0. The van der Waals surface area contributed by atoms with Gasteiger partial charge in [-0.1, -0.05) is 48.5 Å². The molecule has 0 aliphatic carbocycles. The first-order valence-corrected chi connectivity index (χ1v) is 11.3. The van der Waals surface area contributed by atoms with Gasteiger partial charge in [0.2, 0.25) is 0 Å². The number of halogens is 4. The fourth-order valence-corrected chi connectivity index (χ4v) is 7.68. The number of alkyl halides is 4. The molecule has 0 radical (unpaired) electrons.